The van der Waals surface area contributed by atoms with E-state index in [1.54, 1.807) is 28.6 Å². The lowest BCUT2D eigenvalue weighted by Gasteiger charge is -2.34. The van der Waals surface area contributed by atoms with Crippen molar-refractivity contribution in [2.75, 3.05) is 44.3 Å². The van der Waals surface area contributed by atoms with Crippen molar-refractivity contribution >= 4 is 40.2 Å². The molecule has 0 aromatic carbocycles. The molecule has 0 aliphatic carbocycles. The van der Waals surface area contributed by atoms with Crippen molar-refractivity contribution in [3.63, 3.8) is 0 Å². The Bertz CT molecular complexity index is 880. The molecular weight excluding hydrogens is 449 g/mol. The van der Waals surface area contributed by atoms with Crippen molar-refractivity contribution in [1.29, 1.82) is 0 Å². The van der Waals surface area contributed by atoms with Crippen molar-refractivity contribution in [2.24, 2.45) is 16.0 Å². The standard InChI is InChI=1S/C19H25F3N6O3S/c1-12(25-14-10-24-26-17(30)16(14)19(20,21)22)11-31-8-3-15(29)27-4-6-28(7-5-27)18-23-9-13(2)32-18/h9-10,12,16H,3-8,11H2,1-2H3,(H,26,30)/t12-,16?/m0/s1. The molecule has 2 aliphatic heterocycles. The number of carbonyl (C=O) groups is 2. The summed E-state index contributed by atoms with van der Waals surface area (Å²) in [5, 5.41) is 4.36. The van der Waals surface area contributed by atoms with E-state index >= 15 is 0 Å². The summed E-state index contributed by atoms with van der Waals surface area (Å²) < 4.78 is 44.8. The molecule has 0 radical (unpaired) electrons. The van der Waals surface area contributed by atoms with Crippen LogP contribution in [0.15, 0.2) is 16.3 Å². The van der Waals surface area contributed by atoms with Crippen LogP contribution in [-0.4, -0.2) is 85.2 Å². The lowest BCUT2D eigenvalue weighted by Crippen LogP contribution is -2.49. The second-order valence-corrected chi connectivity index (χ2v) is 8.77. The first kappa shape index (κ1) is 24.1. The number of anilines is 1. The molecular formula is C19H25F3N6O3S. The van der Waals surface area contributed by atoms with Crippen molar-refractivity contribution in [1.82, 2.24) is 15.3 Å². The normalized spacial score (nSPS) is 21.7. The number of nitrogens with one attached hydrogen (secondary N) is 1. The quantitative estimate of drug-likeness (QED) is 0.606. The molecule has 9 nitrogen and oxygen atoms in total. The number of nitrogens with zero attached hydrogens (tertiary/aromatic N) is 5. The maximum absolute atomic E-state index is 13.1. The predicted molar refractivity (Wildman–Crippen MR) is 114 cm³/mol. The fraction of sp³-hybridized carbons (Fsp3) is 0.632. The molecule has 0 spiro atoms. The second-order valence-electron chi connectivity index (χ2n) is 7.56. The molecule has 13 heteroatoms. The van der Waals surface area contributed by atoms with Crippen molar-refractivity contribution in [3.8, 4) is 0 Å². The van der Waals surface area contributed by atoms with Gasteiger partial charge in [0.25, 0.3) is 5.91 Å². The average molecular weight is 475 g/mol. The van der Waals surface area contributed by atoms with Crippen LogP contribution in [0.3, 0.4) is 0 Å². The summed E-state index contributed by atoms with van der Waals surface area (Å²) in [4.78, 5) is 37.3. The van der Waals surface area contributed by atoms with E-state index in [2.05, 4.69) is 20.0 Å². The Kier molecular flexibility index (Phi) is 7.82. The van der Waals surface area contributed by atoms with Crippen LogP contribution >= 0.6 is 11.3 Å². The number of carbonyl (C=O) groups excluding carboxylic acids is 2. The van der Waals surface area contributed by atoms with Gasteiger partial charge in [0.2, 0.25) is 5.91 Å². The lowest BCUT2D eigenvalue weighted by atomic mass is 10.0. The average Bonchev–Trinajstić information content (AvgIpc) is 3.16. The fourth-order valence-corrected chi connectivity index (χ4v) is 4.17. The highest BCUT2D eigenvalue weighted by atomic mass is 32.1. The molecule has 2 atom stereocenters. The van der Waals surface area contributed by atoms with E-state index in [4.69, 9.17) is 4.74 Å². The molecule has 2 aliphatic rings. The summed E-state index contributed by atoms with van der Waals surface area (Å²) in [6.07, 6.45) is -1.86. The third-order valence-corrected chi connectivity index (χ3v) is 5.93. The van der Waals surface area contributed by atoms with Gasteiger partial charge in [-0.2, -0.15) is 18.3 Å². The number of aryl methyl sites for hydroxylation is 1. The highest BCUT2D eigenvalue weighted by Gasteiger charge is 2.49. The molecule has 1 N–H and O–H groups in total. The first-order valence-corrected chi connectivity index (χ1v) is 11.0. The molecule has 176 valence electrons. The molecule has 0 saturated carbocycles. The summed E-state index contributed by atoms with van der Waals surface area (Å²) in [6.45, 7) is 6.35. The van der Waals surface area contributed by atoms with Gasteiger partial charge in [-0.05, 0) is 13.8 Å². The van der Waals surface area contributed by atoms with Crippen LogP contribution in [0.1, 0.15) is 18.2 Å². The van der Waals surface area contributed by atoms with Crippen molar-refractivity contribution < 1.29 is 27.5 Å². The summed E-state index contributed by atoms with van der Waals surface area (Å²) in [5.74, 6) is -3.65. The van der Waals surface area contributed by atoms with Crippen LogP contribution < -0.4 is 10.3 Å². The first-order valence-electron chi connectivity index (χ1n) is 10.2. The Morgan fingerprint density at radius 2 is 2.09 bits per heavy atom. The van der Waals surface area contributed by atoms with Gasteiger partial charge in [0.05, 0.1) is 37.6 Å². The molecule has 0 bridgehead atoms. The zero-order valence-corrected chi connectivity index (χ0v) is 18.6. The van der Waals surface area contributed by atoms with Crippen LogP contribution in [0.25, 0.3) is 0 Å². The highest BCUT2D eigenvalue weighted by molar-refractivity contribution is 7.15. The van der Waals surface area contributed by atoms with E-state index in [0.717, 1.165) is 16.2 Å². The number of hydrogen-bond donors (Lipinski definition) is 1. The maximum atomic E-state index is 13.1. The van der Waals surface area contributed by atoms with E-state index < -0.39 is 29.8 Å². The van der Waals surface area contributed by atoms with Gasteiger partial charge in [0.15, 0.2) is 11.0 Å². The molecule has 3 rings (SSSR count). The van der Waals surface area contributed by atoms with E-state index in [-0.39, 0.29) is 25.5 Å². The summed E-state index contributed by atoms with van der Waals surface area (Å²) in [5.41, 5.74) is 1.34. The second kappa shape index (κ2) is 10.4. The number of aromatic nitrogens is 1. The molecule has 1 aromatic rings. The number of hydrazone groups is 1. The molecule has 32 heavy (non-hydrogen) atoms. The Morgan fingerprint density at radius 3 is 2.72 bits per heavy atom. The van der Waals surface area contributed by atoms with Crippen LogP contribution in [0, 0.1) is 12.8 Å². The SMILES string of the molecule is Cc1cnc(N2CCN(C(=O)CCOC[C@H](C)N=C3C=NNC(=O)C3C(F)(F)F)CC2)s1. The van der Waals surface area contributed by atoms with Crippen molar-refractivity contribution in [2.45, 2.75) is 32.5 Å². The fourth-order valence-electron chi connectivity index (χ4n) is 3.36. The predicted octanol–water partition coefficient (Wildman–Crippen LogP) is 1.63. The molecule has 1 fully saturated rings. The number of ether oxygens (including phenoxy) is 1. The highest BCUT2D eigenvalue weighted by Crippen LogP contribution is 2.29. The Balaban J connectivity index is 1.40. The number of hydrogen-bond acceptors (Lipinski definition) is 8. The van der Waals surface area contributed by atoms with Gasteiger partial charge in [-0.1, -0.05) is 0 Å². The number of rotatable bonds is 7. The number of thiazole rings is 1. The largest absolute Gasteiger partial charge is 0.406 e. The number of halogens is 3. The lowest BCUT2D eigenvalue weighted by molar-refractivity contribution is -0.168. The number of amides is 2. The minimum absolute atomic E-state index is 0.0218. The maximum Gasteiger partial charge on any atom is 0.406 e. The molecule has 3 heterocycles. The van der Waals surface area contributed by atoms with Gasteiger partial charge in [-0.25, -0.2) is 10.4 Å². The van der Waals surface area contributed by atoms with Crippen LogP contribution in [-0.2, 0) is 14.3 Å². The van der Waals surface area contributed by atoms with Crippen LogP contribution in [0.4, 0.5) is 18.3 Å². The van der Waals surface area contributed by atoms with E-state index in [1.807, 2.05) is 13.1 Å². The van der Waals surface area contributed by atoms with E-state index in [1.165, 1.54) is 0 Å². The monoisotopic (exact) mass is 474 g/mol. The minimum atomic E-state index is -4.76. The molecule has 1 saturated heterocycles. The third-order valence-electron chi connectivity index (χ3n) is 4.96. The zero-order chi connectivity index (χ0) is 23.3. The van der Waals surface area contributed by atoms with Gasteiger partial charge in [-0.3, -0.25) is 14.6 Å². The first-order chi connectivity index (χ1) is 15.1. The van der Waals surface area contributed by atoms with E-state index in [0.29, 0.717) is 26.2 Å². The van der Waals surface area contributed by atoms with Crippen molar-refractivity contribution in [3.05, 3.63) is 11.1 Å². The van der Waals surface area contributed by atoms with E-state index in [9.17, 15) is 22.8 Å². The Hall–Kier alpha value is -2.54. The van der Waals surface area contributed by atoms with Gasteiger partial charge in [0, 0.05) is 37.3 Å². The zero-order valence-electron chi connectivity index (χ0n) is 17.8. The summed E-state index contributed by atoms with van der Waals surface area (Å²) >= 11 is 1.63. The number of aliphatic imine (C=N–C) groups is 1. The van der Waals surface area contributed by atoms with Gasteiger partial charge < -0.3 is 14.5 Å². The Morgan fingerprint density at radius 1 is 1.38 bits per heavy atom. The summed E-state index contributed by atoms with van der Waals surface area (Å²) in [7, 11) is 0. The number of piperazine rings is 1. The smallest absolute Gasteiger partial charge is 0.379 e. The topological polar surface area (TPSA) is 99.5 Å². The van der Waals surface area contributed by atoms with Gasteiger partial charge >= 0.3 is 6.18 Å². The number of alkyl halides is 3. The Labute approximate surface area is 187 Å². The third kappa shape index (κ3) is 6.25. The van der Waals surface area contributed by atoms with Crippen LogP contribution in [0.2, 0.25) is 0 Å². The molecule has 1 aromatic heterocycles. The summed E-state index contributed by atoms with van der Waals surface area (Å²) in [6, 6.07) is -0.632. The molecule has 1 unspecified atom stereocenters. The molecule has 2 amide bonds. The minimum Gasteiger partial charge on any atom is -0.379 e. The van der Waals surface area contributed by atoms with Gasteiger partial charge in [-0.15, -0.1) is 11.3 Å². The van der Waals surface area contributed by atoms with Gasteiger partial charge in [0.1, 0.15) is 0 Å². The van der Waals surface area contributed by atoms with Crippen LogP contribution in [0.5, 0.6) is 0 Å².